The van der Waals surface area contributed by atoms with Crippen LogP contribution in [0.4, 0.5) is 0 Å². The third kappa shape index (κ3) is 9.12. The van der Waals surface area contributed by atoms with Crippen LogP contribution in [0.1, 0.15) is 17.5 Å². The van der Waals surface area contributed by atoms with Crippen LogP contribution in [0.3, 0.4) is 0 Å². The molecule has 0 N–H and O–H groups in total. The van der Waals surface area contributed by atoms with Crippen LogP contribution in [0.15, 0.2) is 72.8 Å². The molecule has 0 atom stereocenters. The van der Waals surface area contributed by atoms with Gasteiger partial charge in [0.25, 0.3) is 0 Å². The minimum atomic E-state index is 0. The number of rotatable bonds is 14. The summed E-state index contributed by atoms with van der Waals surface area (Å²) in [6, 6.07) is 24.5. The van der Waals surface area contributed by atoms with Gasteiger partial charge in [-0.05, 0) is 60.7 Å². The molecule has 0 radical (unpaired) electrons. The first kappa shape index (κ1) is 29.6. The van der Waals surface area contributed by atoms with Gasteiger partial charge in [0.1, 0.15) is 18.1 Å². The van der Waals surface area contributed by atoms with Crippen LogP contribution in [0, 0.1) is 0 Å². The van der Waals surface area contributed by atoms with Gasteiger partial charge in [-0.1, -0.05) is 42.5 Å². The predicted molar refractivity (Wildman–Crippen MR) is 156 cm³/mol. The standard InChI is InChI=1S/C31H40N2O4.ClH/c1-34-28-11-7-9-26(25-28)15-16-27-10-3-4-12-29(27)36-23-8-17-32-18-20-33(21-19-32)22-24-37-31-14-6-5-13-30(31)35-2;/h3-7,9-14,25H,8,15-24H2,1-2H3;1H. The van der Waals surface area contributed by atoms with Gasteiger partial charge < -0.3 is 23.8 Å². The van der Waals surface area contributed by atoms with Gasteiger partial charge in [0.05, 0.1) is 20.8 Å². The highest BCUT2D eigenvalue weighted by atomic mass is 35.5. The number of para-hydroxylation sites is 3. The molecule has 0 bridgehead atoms. The molecule has 38 heavy (non-hydrogen) atoms. The van der Waals surface area contributed by atoms with Crippen molar-refractivity contribution in [1.29, 1.82) is 0 Å². The van der Waals surface area contributed by atoms with Crippen LogP contribution in [0.25, 0.3) is 0 Å². The van der Waals surface area contributed by atoms with Crippen molar-refractivity contribution < 1.29 is 18.9 Å². The van der Waals surface area contributed by atoms with Crippen molar-refractivity contribution in [2.75, 3.05) is 66.7 Å². The highest BCUT2D eigenvalue weighted by molar-refractivity contribution is 5.85. The molecule has 1 aliphatic rings. The monoisotopic (exact) mass is 540 g/mol. The van der Waals surface area contributed by atoms with Gasteiger partial charge in [-0.25, -0.2) is 0 Å². The lowest BCUT2D eigenvalue weighted by atomic mass is 10.0. The van der Waals surface area contributed by atoms with Gasteiger partial charge in [-0.2, -0.15) is 0 Å². The van der Waals surface area contributed by atoms with Gasteiger partial charge in [-0.15, -0.1) is 12.4 Å². The Hall–Kier alpha value is -2.93. The summed E-state index contributed by atoms with van der Waals surface area (Å²) in [6.45, 7) is 7.73. The number of methoxy groups -OCH3 is 2. The molecule has 1 heterocycles. The Morgan fingerprint density at radius 2 is 1.29 bits per heavy atom. The average molecular weight is 541 g/mol. The van der Waals surface area contributed by atoms with E-state index in [9.17, 15) is 0 Å². The Morgan fingerprint density at radius 1 is 0.632 bits per heavy atom. The molecule has 0 spiro atoms. The third-order valence-corrected chi connectivity index (χ3v) is 6.87. The first-order chi connectivity index (χ1) is 18.2. The van der Waals surface area contributed by atoms with Gasteiger partial charge in [0.15, 0.2) is 11.5 Å². The van der Waals surface area contributed by atoms with Gasteiger partial charge in [0.2, 0.25) is 0 Å². The lowest BCUT2D eigenvalue weighted by Gasteiger charge is -2.34. The SMILES string of the molecule is COc1cccc(CCc2ccccc2OCCCN2CCN(CCOc3ccccc3OC)CC2)c1.Cl. The molecule has 3 aromatic carbocycles. The van der Waals surface area contributed by atoms with E-state index in [4.69, 9.17) is 18.9 Å². The van der Waals surface area contributed by atoms with E-state index in [1.165, 1.54) is 11.1 Å². The second-order valence-electron chi connectivity index (χ2n) is 9.34. The minimum absolute atomic E-state index is 0. The lowest BCUT2D eigenvalue weighted by molar-refractivity contribution is 0.111. The molecule has 7 heteroatoms. The highest BCUT2D eigenvalue weighted by Crippen LogP contribution is 2.25. The fraction of sp³-hybridized carbons (Fsp3) is 0.419. The molecule has 0 aromatic heterocycles. The maximum atomic E-state index is 6.21. The van der Waals surface area contributed by atoms with Crippen LogP contribution in [0.5, 0.6) is 23.0 Å². The fourth-order valence-electron chi connectivity index (χ4n) is 4.69. The maximum absolute atomic E-state index is 6.21. The summed E-state index contributed by atoms with van der Waals surface area (Å²) in [7, 11) is 3.39. The molecule has 0 amide bonds. The fourth-order valence-corrected chi connectivity index (χ4v) is 4.69. The predicted octanol–water partition coefficient (Wildman–Crippen LogP) is 5.38. The highest BCUT2D eigenvalue weighted by Gasteiger charge is 2.16. The molecule has 4 rings (SSSR count). The Bertz CT molecular complexity index is 1090. The van der Waals surface area contributed by atoms with Crippen molar-refractivity contribution in [3.63, 3.8) is 0 Å². The topological polar surface area (TPSA) is 43.4 Å². The number of nitrogens with zero attached hydrogens (tertiary/aromatic N) is 2. The van der Waals surface area contributed by atoms with E-state index < -0.39 is 0 Å². The maximum Gasteiger partial charge on any atom is 0.161 e. The van der Waals surface area contributed by atoms with Gasteiger partial charge >= 0.3 is 0 Å². The summed E-state index contributed by atoms with van der Waals surface area (Å²) in [6.07, 6.45) is 2.94. The number of aryl methyl sites for hydroxylation is 2. The van der Waals surface area contributed by atoms with E-state index >= 15 is 0 Å². The number of halogens is 1. The molecule has 0 saturated carbocycles. The van der Waals surface area contributed by atoms with Crippen molar-refractivity contribution in [1.82, 2.24) is 9.80 Å². The molecule has 1 saturated heterocycles. The average Bonchev–Trinajstić information content (AvgIpc) is 2.96. The second kappa shape index (κ2) is 16.1. The van der Waals surface area contributed by atoms with Gasteiger partial charge in [-0.3, -0.25) is 4.90 Å². The summed E-state index contributed by atoms with van der Waals surface area (Å²) in [5.74, 6) is 3.51. The van der Waals surface area contributed by atoms with Crippen LogP contribution < -0.4 is 18.9 Å². The molecule has 1 fully saturated rings. The van der Waals surface area contributed by atoms with Crippen molar-refractivity contribution in [3.05, 3.63) is 83.9 Å². The van der Waals surface area contributed by atoms with E-state index in [0.29, 0.717) is 6.61 Å². The summed E-state index contributed by atoms with van der Waals surface area (Å²) < 4.78 is 22.9. The number of hydrogen-bond donors (Lipinski definition) is 0. The van der Waals surface area contributed by atoms with Crippen molar-refractivity contribution in [3.8, 4) is 23.0 Å². The molecular weight excluding hydrogens is 500 g/mol. The summed E-state index contributed by atoms with van der Waals surface area (Å²) in [5.41, 5.74) is 2.54. The van der Waals surface area contributed by atoms with Crippen molar-refractivity contribution in [2.24, 2.45) is 0 Å². The normalized spacial score (nSPS) is 13.9. The van der Waals surface area contributed by atoms with E-state index in [1.54, 1.807) is 14.2 Å². The zero-order chi connectivity index (χ0) is 25.7. The number of ether oxygens (including phenoxy) is 4. The zero-order valence-electron chi connectivity index (χ0n) is 22.6. The van der Waals surface area contributed by atoms with E-state index in [1.807, 2.05) is 36.4 Å². The largest absolute Gasteiger partial charge is 0.497 e. The number of piperazine rings is 1. The molecule has 206 valence electrons. The molecule has 0 unspecified atom stereocenters. The minimum Gasteiger partial charge on any atom is -0.497 e. The van der Waals surface area contributed by atoms with Crippen LogP contribution >= 0.6 is 12.4 Å². The quantitative estimate of drug-likeness (QED) is 0.256. The summed E-state index contributed by atoms with van der Waals surface area (Å²) >= 11 is 0. The molecule has 1 aliphatic heterocycles. The van der Waals surface area contributed by atoms with E-state index in [2.05, 4.69) is 46.2 Å². The summed E-state index contributed by atoms with van der Waals surface area (Å²) in [4.78, 5) is 5.01. The van der Waals surface area contributed by atoms with E-state index in [0.717, 1.165) is 88.1 Å². The van der Waals surface area contributed by atoms with Crippen LogP contribution in [0.2, 0.25) is 0 Å². The summed E-state index contributed by atoms with van der Waals surface area (Å²) in [5, 5.41) is 0. The third-order valence-electron chi connectivity index (χ3n) is 6.87. The number of hydrogen-bond acceptors (Lipinski definition) is 6. The molecule has 3 aromatic rings. The lowest BCUT2D eigenvalue weighted by Crippen LogP contribution is -2.47. The second-order valence-corrected chi connectivity index (χ2v) is 9.34. The first-order valence-electron chi connectivity index (χ1n) is 13.3. The molecular formula is C31H41ClN2O4. The van der Waals surface area contributed by atoms with Crippen molar-refractivity contribution >= 4 is 12.4 Å². The zero-order valence-corrected chi connectivity index (χ0v) is 23.5. The van der Waals surface area contributed by atoms with E-state index in [-0.39, 0.29) is 12.4 Å². The molecule has 0 aliphatic carbocycles. The van der Waals surface area contributed by atoms with Crippen LogP contribution in [-0.4, -0.2) is 76.5 Å². The van der Waals surface area contributed by atoms with Crippen molar-refractivity contribution in [2.45, 2.75) is 19.3 Å². The van der Waals surface area contributed by atoms with Crippen LogP contribution in [-0.2, 0) is 12.8 Å². The smallest absolute Gasteiger partial charge is 0.161 e. The van der Waals surface area contributed by atoms with Gasteiger partial charge in [0, 0.05) is 39.3 Å². The Balaban J connectivity index is 0.00000400. The Kier molecular flexibility index (Phi) is 12.6. The first-order valence-corrected chi connectivity index (χ1v) is 13.3. The Labute approximate surface area is 233 Å². The number of benzene rings is 3. The molecule has 6 nitrogen and oxygen atoms in total. The Morgan fingerprint density at radius 3 is 2.03 bits per heavy atom.